The van der Waals surface area contributed by atoms with Crippen molar-refractivity contribution in [2.75, 3.05) is 20.1 Å². The van der Waals surface area contributed by atoms with Gasteiger partial charge in [-0.05, 0) is 60.5 Å². The minimum Gasteiger partial charge on any atom is -0.352 e. The number of rotatable bonds is 7. The van der Waals surface area contributed by atoms with Crippen molar-refractivity contribution >= 4 is 17.2 Å². The molecule has 0 atom stereocenters. The van der Waals surface area contributed by atoms with E-state index in [1.54, 1.807) is 11.3 Å². The van der Waals surface area contributed by atoms with Gasteiger partial charge in [0.05, 0.1) is 0 Å². The molecule has 0 unspecified atom stereocenters. The maximum absolute atomic E-state index is 12.2. The molecule has 4 heteroatoms. The molecule has 0 radical (unpaired) electrons. The van der Waals surface area contributed by atoms with Gasteiger partial charge in [-0.1, -0.05) is 18.2 Å². The number of nitrogens with one attached hydrogen (secondary N) is 2. The van der Waals surface area contributed by atoms with Crippen LogP contribution in [0.15, 0.2) is 41.1 Å². The largest absolute Gasteiger partial charge is 0.352 e. The number of carbonyl (C=O) groups excluding carboxylic acids is 1. The Morgan fingerprint density at radius 2 is 2.00 bits per heavy atom. The third-order valence-electron chi connectivity index (χ3n) is 3.19. The molecule has 2 aromatic rings. The van der Waals surface area contributed by atoms with Crippen LogP contribution in [0.5, 0.6) is 0 Å². The molecular weight excluding hydrogens is 268 g/mol. The highest BCUT2D eigenvalue weighted by Crippen LogP contribution is 2.10. The molecule has 1 heterocycles. The van der Waals surface area contributed by atoms with Crippen molar-refractivity contribution in [3.05, 3.63) is 57.8 Å². The Balaban J connectivity index is 1.91. The van der Waals surface area contributed by atoms with Gasteiger partial charge in [0.1, 0.15) is 0 Å². The quantitative estimate of drug-likeness (QED) is 0.822. The molecule has 0 saturated carbocycles. The van der Waals surface area contributed by atoms with Gasteiger partial charge in [0.15, 0.2) is 0 Å². The van der Waals surface area contributed by atoms with E-state index >= 15 is 0 Å². The standard InChI is InChI=1S/C16H20N2OS/c1-17-9-7-14-4-2-3-5-15(14)16(19)18-10-6-13-8-11-20-12-13/h2-5,8,11-12,17H,6-7,9-10H2,1H3,(H,18,19). The molecule has 0 aliphatic carbocycles. The average molecular weight is 288 g/mol. The Hall–Kier alpha value is -1.65. The highest BCUT2D eigenvalue weighted by atomic mass is 32.1. The summed E-state index contributed by atoms with van der Waals surface area (Å²) < 4.78 is 0. The lowest BCUT2D eigenvalue weighted by Crippen LogP contribution is -2.27. The van der Waals surface area contributed by atoms with E-state index in [9.17, 15) is 4.79 Å². The SMILES string of the molecule is CNCCc1ccccc1C(=O)NCCc1ccsc1. The van der Waals surface area contributed by atoms with Gasteiger partial charge in [-0.3, -0.25) is 4.79 Å². The first-order valence-corrected chi connectivity index (χ1v) is 7.77. The predicted molar refractivity (Wildman–Crippen MR) is 84.4 cm³/mol. The molecule has 2 rings (SSSR count). The summed E-state index contributed by atoms with van der Waals surface area (Å²) in [7, 11) is 1.92. The zero-order valence-corrected chi connectivity index (χ0v) is 12.5. The number of likely N-dealkylation sites (N-methyl/N-ethyl adjacent to an activating group) is 1. The fourth-order valence-corrected chi connectivity index (χ4v) is 2.77. The fourth-order valence-electron chi connectivity index (χ4n) is 2.07. The van der Waals surface area contributed by atoms with E-state index in [1.165, 1.54) is 5.56 Å². The lowest BCUT2D eigenvalue weighted by molar-refractivity contribution is 0.0953. The van der Waals surface area contributed by atoms with Crippen LogP contribution in [0, 0.1) is 0 Å². The van der Waals surface area contributed by atoms with Gasteiger partial charge in [0.2, 0.25) is 0 Å². The molecule has 106 valence electrons. The summed E-state index contributed by atoms with van der Waals surface area (Å²) in [5.74, 6) is 0.0203. The molecule has 0 saturated heterocycles. The number of hydrogen-bond donors (Lipinski definition) is 2. The van der Waals surface area contributed by atoms with Gasteiger partial charge in [0.25, 0.3) is 5.91 Å². The van der Waals surface area contributed by atoms with Gasteiger partial charge in [-0.25, -0.2) is 0 Å². The molecule has 2 N–H and O–H groups in total. The Labute approximate surface area is 124 Å². The summed E-state index contributed by atoms with van der Waals surface area (Å²) in [4.78, 5) is 12.2. The third-order valence-corrected chi connectivity index (χ3v) is 3.92. The van der Waals surface area contributed by atoms with Crippen molar-refractivity contribution in [1.29, 1.82) is 0 Å². The summed E-state index contributed by atoms with van der Waals surface area (Å²) in [6.07, 6.45) is 1.75. The molecule has 3 nitrogen and oxygen atoms in total. The van der Waals surface area contributed by atoms with Gasteiger partial charge < -0.3 is 10.6 Å². The maximum Gasteiger partial charge on any atom is 0.251 e. The minimum absolute atomic E-state index is 0.0203. The van der Waals surface area contributed by atoms with Gasteiger partial charge >= 0.3 is 0 Å². The monoisotopic (exact) mass is 288 g/mol. The second-order valence-corrected chi connectivity index (χ2v) is 5.43. The molecule has 0 aliphatic rings. The summed E-state index contributed by atoms with van der Waals surface area (Å²) >= 11 is 1.69. The average Bonchev–Trinajstić information content (AvgIpc) is 2.98. The predicted octanol–water partition coefficient (Wildman–Crippen LogP) is 2.48. The first-order valence-electron chi connectivity index (χ1n) is 6.83. The second-order valence-electron chi connectivity index (χ2n) is 4.65. The third kappa shape index (κ3) is 4.18. The Morgan fingerprint density at radius 3 is 2.75 bits per heavy atom. The Morgan fingerprint density at radius 1 is 1.15 bits per heavy atom. The van der Waals surface area contributed by atoms with E-state index in [1.807, 2.05) is 31.3 Å². The minimum atomic E-state index is 0.0203. The maximum atomic E-state index is 12.2. The van der Waals surface area contributed by atoms with Crippen LogP contribution in [-0.4, -0.2) is 26.0 Å². The van der Waals surface area contributed by atoms with E-state index in [0.29, 0.717) is 6.54 Å². The topological polar surface area (TPSA) is 41.1 Å². The van der Waals surface area contributed by atoms with Crippen LogP contribution in [0.1, 0.15) is 21.5 Å². The van der Waals surface area contributed by atoms with Crippen molar-refractivity contribution in [2.24, 2.45) is 0 Å². The van der Waals surface area contributed by atoms with Crippen LogP contribution in [-0.2, 0) is 12.8 Å². The van der Waals surface area contributed by atoms with Crippen LogP contribution in [0.2, 0.25) is 0 Å². The molecule has 0 fully saturated rings. The first kappa shape index (κ1) is 14.8. The Bertz CT molecular complexity index is 537. The first-order chi connectivity index (χ1) is 9.81. The van der Waals surface area contributed by atoms with E-state index in [-0.39, 0.29) is 5.91 Å². The molecule has 1 aromatic carbocycles. The van der Waals surface area contributed by atoms with E-state index in [2.05, 4.69) is 27.5 Å². The van der Waals surface area contributed by atoms with Crippen molar-refractivity contribution in [2.45, 2.75) is 12.8 Å². The zero-order chi connectivity index (χ0) is 14.2. The summed E-state index contributed by atoms with van der Waals surface area (Å²) in [6.45, 7) is 1.55. The summed E-state index contributed by atoms with van der Waals surface area (Å²) in [5, 5.41) is 10.3. The van der Waals surface area contributed by atoms with Gasteiger partial charge in [0, 0.05) is 12.1 Å². The number of benzene rings is 1. The number of carbonyl (C=O) groups is 1. The van der Waals surface area contributed by atoms with Crippen LogP contribution in [0.25, 0.3) is 0 Å². The molecule has 0 spiro atoms. The van der Waals surface area contributed by atoms with Gasteiger partial charge in [-0.2, -0.15) is 11.3 Å². The molecule has 1 aromatic heterocycles. The highest BCUT2D eigenvalue weighted by Gasteiger charge is 2.09. The Kier molecular flexibility index (Phi) is 5.77. The highest BCUT2D eigenvalue weighted by molar-refractivity contribution is 7.07. The van der Waals surface area contributed by atoms with Crippen molar-refractivity contribution in [1.82, 2.24) is 10.6 Å². The lowest BCUT2D eigenvalue weighted by atomic mass is 10.0. The normalized spacial score (nSPS) is 10.4. The van der Waals surface area contributed by atoms with Crippen LogP contribution in [0.4, 0.5) is 0 Å². The smallest absolute Gasteiger partial charge is 0.251 e. The molecule has 1 amide bonds. The van der Waals surface area contributed by atoms with Crippen LogP contribution >= 0.6 is 11.3 Å². The zero-order valence-electron chi connectivity index (χ0n) is 11.7. The molecular formula is C16H20N2OS. The van der Waals surface area contributed by atoms with E-state index in [4.69, 9.17) is 0 Å². The lowest BCUT2D eigenvalue weighted by Gasteiger charge is -2.09. The van der Waals surface area contributed by atoms with Gasteiger partial charge in [-0.15, -0.1) is 0 Å². The molecule has 0 aliphatic heterocycles. The number of thiophene rings is 1. The second kappa shape index (κ2) is 7.82. The van der Waals surface area contributed by atoms with E-state index in [0.717, 1.165) is 30.5 Å². The van der Waals surface area contributed by atoms with Crippen molar-refractivity contribution < 1.29 is 4.79 Å². The van der Waals surface area contributed by atoms with Crippen molar-refractivity contribution in [3.63, 3.8) is 0 Å². The number of hydrogen-bond acceptors (Lipinski definition) is 3. The van der Waals surface area contributed by atoms with Crippen LogP contribution in [0.3, 0.4) is 0 Å². The van der Waals surface area contributed by atoms with E-state index < -0.39 is 0 Å². The van der Waals surface area contributed by atoms with Crippen LogP contribution < -0.4 is 10.6 Å². The summed E-state index contributed by atoms with van der Waals surface area (Å²) in [6, 6.07) is 9.90. The number of amides is 1. The summed E-state index contributed by atoms with van der Waals surface area (Å²) in [5.41, 5.74) is 3.15. The molecule has 0 bridgehead atoms. The fraction of sp³-hybridized carbons (Fsp3) is 0.312. The molecule has 20 heavy (non-hydrogen) atoms. The van der Waals surface area contributed by atoms with Crippen molar-refractivity contribution in [3.8, 4) is 0 Å².